The Labute approximate surface area is 264 Å². The van der Waals surface area contributed by atoms with Gasteiger partial charge in [-0.05, 0) is 89.2 Å². The van der Waals surface area contributed by atoms with Crippen LogP contribution in [0.3, 0.4) is 0 Å². The smallest absolute Gasteiger partial charge is 0.141 e. The molecule has 1 aliphatic carbocycles. The number of aryl methyl sites for hydroxylation is 3. The van der Waals surface area contributed by atoms with Crippen molar-refractivity contribution < 1.29 is 0 Å². The van der Waals surface area contributed by atoms with E-state index in [-0.39, 0.29) is 5.92 Å². The number of para-hydroxylation sites is 2. The van der Waals surface area contributed by atoms with Crippen LogP contribution in [0.15, 0.2) is 121 Å². The van der Waals surface area contributed by atoms with E-state index in [4.69, 9.17) is 9.97 Å². The maximum atomic E-state index is 5.01. The predicted octanol–water partition coefficient (Wildman–Crippen LogP) is 10.1. The van der Waals surface area contributed by atoms with Crippen molar-refractivity contribution in [1.82, 2.24) is 19.1 Å². The Morgan fingerprint density at radius 3 is 2.18 bits per heavy atom. The average Bonchev–Trinajstić information content (AvgIpc) is 3.61. The Balaban J connectivity index is 1.19. The molecule has 0 spiro atoms. The second kappa shape index (κ2) is 10.7. The van der Waals surface area contributed by atoms with Crippen LogP contribution in [0.5, 0.6) is 0 Å². The number of hydrogen-bond donors (Lipinski definition) is 0. The number of nitrogens with zero attached hydrogens (tertiary/aromatic N) is 4. The molecule has 0 bridgehead atoms. The second-order valence-electron chi connectivity index (χ2n) is 12.4. The van der Waals surface area contributed by atoms with Crippen LogP contribution in [0.2, 0.25) is 0 Å². The van der Waals surface area contributed by atoms with Gasteiger partial charge in [-0.25, -0.2) is 9.97 Å². The first-order chi connectivity index (χ1) is 22.0. The normalized spacial score (nSPS) is 16.6. The van der Waals surface area contributed by atoms with Gasteiger partial charge in [0.25, 0.3) is 0 Å². The summed E-state index contributed by atoms with van der Waals surface area (Å²) in [7, 11) is 2.12. The van der Waals surface area contributed by atoms with Gasteiger partial charge in [0, 0.05) is 30.6 Å². The summed E-state index contributed by atoms with van der Waals surface area (Å²) in [4.78, 5) is 10.0. The van der Waals surface area contributed by atoms with Crippen molar-refractivity contribution in [2.45, 2.75) is 33.2 Å². The zero-order chi connectivity index (χ0) is 30.7. The van der Waals surface area contributed by atoms with Gasteiger partial charge in [-0.1, -0.05) is 91.9 Å². The standard InChI is InChI=1S/C41H36N4/c1-5-45-38-13-9-8-12-36(38)43-41(45)29-17-15-28(16-18-29)34-24-30-10-6-7-11-31(30)25-35(34)33-20-19-32(23-27(33)3)40-42-37-21-14-26(2)22-39(37)44(40)4/h6-25,27,33H,5H2,1-4H3. The molecule has 0 radical (unpaired) electrons. The molecule has 0 amide bonds. The third-order valence-corrected chi connectivity index (χ3v) is 9.49. The number of hydrogen-bond acceptors (Lipinski definition) is 2. The van der Waals surface area contributed by atoms with Gasteiger partial charge in [-0.3, -0.25) is 0 Å². The number of aromatic nitrogens is 4. The molecule has 0 N–H and O–H groups in total. The second-order valence-corrected chi connectivity index (χ2v) is 12.4. The predicted molar refractivity (Wildman–Crippen MR) is 188 cm³/mol. The molecule has 45 heavy (non-hydrogen) atoms. The number of benzene rings is 5. The van der Waals surface area contributed by atoms with Crippen molar-refractivity contribution in [1.29, 1.82) is 0 Å². The minimum Gasteiger partial charge on any atom is -0.327 e. The van der Waals surface area contributed by atoms with Gasteiger partial charge in [0.05, 0.1) is 22.1 Å². The van der Waals surface area contributed by atoms with Crippen LogP contribution in [0.25, 0.3) is 60.9 Å². The van der Waals surface area contributed by atoms with E-state index in [1.54, 1.807) is 0 Å². The summed E-state index contributed by atoms with van der Waals surface area (Å²) in [6.45, 7) is 7.53. The van der Waals surface area contributed by atoms with Crippen LogP contribution < -0.4 is 0 Å². The highest BCUT2D eigenvalue weighted by atomic mass is 15.1. The molecule has 0 fully saturated rings. The fourth-order valence-corrected chi connectivity index (χ4v) is 7.12. The summed E-state index contributed by atoms with van der Waals surface area (Å²) in [5, 5.41) is 2.53. The van der Waals surface area contributed by atoms with Crippen LogP contribution in [0.1, 0.15) is 36.7 Å². The highest BCUT2D eigenvalue weighted by molar-refractivity contribution is 5.91. The lowest BCUT2D eigenvalue weighted by Gasteiger charge is -2.26. The highest BCUT2D eigenvalue weighted by Gasteiger charge is 2.25. The lowest BCUT2D eigenvalue weighted by molar-refractivity contribution is 0.638. The molecular formula is C41H36N4. The molecule has 2 unspecified atom stereocenters. The first-order valence-corrected chi connectivity index (χ1v) is 15.9. The molecule has 220 valence electrons. The van der Waals surface area contributed by atoms with Gasteiger partial charge in [0.1, 0.15) is 11.6 Å². The SMILES string of the molecule is CCn1c(-c2ccc(-c3cc4ccccc4cc3C3C=CC(c4nc5ccc(C)cc5n4C)=CC3C)cc2)nc2ccccc21. The van der Waals surface area contributed by atoms with Crippen LogP contribution in [-0.4, -0.2) is 19.1 Å². The van der Waals surface area contributed by atoms with E-state index in [0.717, 1.165) is 34.8 Å². The van der Waals surface area contributed by atoms with Crippen LogP contribution in [0.4, 0.5) is 0 Å². The van der Waals surface area contributed by atoms with E-state index in [1.165, 1.54) is 49.6 Å². The Kier molecular flexibility index (Phi) is 6.53. The van der Waals surface area contributed by atoms with Gasteiger partial charge in [0.2, 0.25) is 0 Å². The van der Waals surface area contributed by atoms with E-state index in [9.17, 15) is 0 Å². The number of allylic oxidation sites excluding steroid dienone is 4. The number of imidazole rings is 2. The van der Waals surface area contributed by atoms with Gasteiger partial charge < -0.3 is 9.13 Å². The molecule has 5 aromatic carbocycles. The van der Waals surface area contributed by atoms with Crippen LogP contribution in [0, 0.1) is 12.8 Å². The number of rotatable bonds is 5. The fourth-order valence-electron chi connectivity index (χ4n) is 7.12. The quantitative estimate of drug-likeness (QED) is 0.202. The summed E-state index contributed by atoms with van der Waals surface area (Å²) in [6.07, 6.45) is 7.06. The topological polar surface area (TPSA) is 35.6 Å². The molecule has 2 aromatic heterocycles. The maximum absolute atomic E-state index is 5.01. The average molecular weight is 585 g/mol. The molecule has 1 aliphatic rings. The first-order valence-electron chi connectivity index (χ1n) is 15.9. The third kappa shape index (κ3) is 4.60. The van der Waals surface area contributed by atoms with Crippen molar-refractivity contribution in [3.05, 3.63) is 138 Å². The summed E-state index contributed by atoms with van der Waals surface area (Å²) in [5.74, 6) is 2.58. The summed E-state index contributed by atoms with van der Waals surface area (Å²) < 4.78 is 4.53. The van der Waals surface area contributed by atoms with Gasteiger partial charge in [0.15, 0.2) is 0 Å². The molecule has 8 rings (SSSR count). The van der Waals surface area contributed by atoms with E-state index in [2.05, 4.69) is 158 Å². The fraction of sp³-hybridized carbons (Fsp3) is 0.171. The van der Waals surface area contributed by atoms with Crippen LogP contribution in [-0.2, 0) is 13.6 Å². The Morgan fingerprint density at radius 1 is 0.711 bits per heavy atom. The van der Waals surface area contributed by atoms with Crippen molar-refractivity contribution in [3.8, 4) is 22.5 Å². The van der Waals surface area contributed by atoms with E-state index in [0.29, 0.717) is 5.92 Å². The van der Waals surface area contributed by atoms with Crippen molar-refractivity contribution in [3.63, 3.8) is 0 Å². The van der Waals surface area contributed by atoms with Crippen molar-refractivity contribution >= 4 is 38.4 Å². The molecule has 4 nitrogen and oxygen atoms in total. The summed E-state index contributed by atoms with van der Waals surface area (Å²) >= 11 is 0. The Bertz CT molecular complexity index is 2290. The molecule has 4 heteroatoms. The zero-order valence-corrected chi connectivity index (χ0v) is 26.2. The molecule has 0 saturated carbocycles. The first kappa shape index (κ1) is 27.3. The minimum atomic E-state index is 0.245. The molecule has 0 aliphatic heterocycles. The summed E-state index contributed by atoms with van der Waals surface area (Å²) in [5.41, 5.74) is 11.8. The van der Waals surface area contributed by atoms with Gasteiger partial charge >= 0.3 is 0 Å². The monoisotopic (exact) mass is 584 g/mol. The Hall–Kier alpha value is -5.22. The largest absolute Gasteiger partial charge is 0.327 e. The van der Waals surface area contributed by atoms with Crippen LogP contribution >= 0.6 is 0 Å². The molecule has 0 saturated heterocycles. The molecule has 2 heterocycles. The highest BCUT2D eigenvalue weighted by Crippen LogP contribution is 2.42. The van der Waals surface area contributed by atoms with Crippen molar-refractivity contribution in [2.75, 3.05) is 0 Å². The lowest BCUT2D eigenvalue weighted by Crippen LogP contribution is -2.11. The number of fused-ring (bicyclic) bond motifs is 3. The van der Waals surface area contributed by atoms with E-state index >= 15 is 0 Å². The lowest BCUT2D eigenvalue weighted by atomic mass is 9.78. The van der Waals surface area contributed by atoms with Gasteiger partial charge in [-0.15, -0.1) is 0 Å². The minimum absolute atomic E-state index is 0.245. The van der Waals surface area contributed by atoms with Crippen molar-refractivity contribution in [2.24, 2.45) is 13.0 Å². The van der Waals surface area contributed by atoms with E-state index in [1.807, 2.05) is 0 Å². The molecular weight excluding hydrogens is 548 g/mol. The third-order valence-electron chi connectivity index (χ3n) is 9.49. The zero-order valence-electron chi connectivity index (χ0n) is 26.2. The maximum Gasteiger partial charge on any atom is 0.141 e. The Morgan fingerprint density at radius 2 is 1.40 bits per heavy atom. The van der Waals surface area contributed by atoms with Gasteiger partial charge in [-0.2, -0.15) is 0 Å². The summed E-state index contributed by atoms with van der Waals surface area (Å²) in [6, 6.07) is 37.3. The van der Waals surface area contributed by atoms with E-state index < -0.39 is 0 Å². The molecule has 7 aromatic rings. The molecule has 2 atom stereocenters.